The zero-order valence-electron chi connectivity index (χ0n) is 13.2. The minimum absolute atomic E-state index is 0.0426. The number of nitrogens with zero attached hydrogens (tertiary/aromatic N) is 3. The molecule has 0 amide bonds. The monoisotopic (exact) mass is 385 g/mol. The highest BCUT2D eigenvalue weighted by molar-refractivity contribution is 7.92. The van der Waals surface area contributed by atoms with Crippen molar-refractivity contribution in [3.05, 3.63) is 71.2 Å². The fourth-order valence-corrected chi connectivity index (χ4v) is 3.64. The lowest BCUT2D eigenvalue weighted by Gasteiger charge is -2.09. The summed E-state index contributed by atoms with van der Waals surface area (Å²) in [5.74, 6) is 0.460. The molecule has 2 N–H and O–H groups in total. The number of anilines is 3. The molecule has 0 atom stereocenters. The smallest absolute Gasteiger partial charge is 0.264 e. The number of benzene rings is 2. The standard InChI is InChI=1S/C17H12ClN5O2S/c18-14-6-1-2-7-15(14)26(24,25)23-17-9-8-16(21-22-17)20-13-5-3-4-12(10-13)11-19/h1-10H,(H,20,21)(H,22,23). The maximum absolute atomic E-state index is 12.4. The van der Waals surface area contributed by atoms with E-state index in [-0.39, 0.29) is 15.7 Å². The second kappa shape index (κ2) is 7.39. The van der Waals surface area contributed by atoms with E-state index in [1.54, 1.807) is 42.5 Å². The van der Waals surface area contributed by atoms with E-state index in [1.807, 2.05) is 6.07 Å². The highest BCUT2D eigenvalue weighted by atomic mass is 35.5. The van der Waals surface area contributed by atoms with E-state index in [1.165, 1.54) is 18.2 Å². The van der Waals surface area contributed by atoms with E-state index in [9.17, 15) is 8.42 Å². The van der Waals surface area contributed by atoms with Crippen LogP contribution in [0.3, 0.4) is 0 Å². The molecule has 7 nitrogen and oxygen atoms in total. The fraction of sp³-hybridized carbons (Fsp3) is 0. The molecule has 26 heavy (non-hydrogen) atoms. The summed E-state index contributed by atoms with van der Waals surface area (Å²) >= 11 is 5.93. The van der Waals surface area contributed by atoms with Gasteiger partial charge in [-0.15, -0.1) is 10.2 Å². The molecular formula is C17H12ClN5O2S. The van der Waals surface area contributed by atoms with Crippen molar-refractivity contribution in [1.82, 2.24) is 10.2 Å². The second-order valence-electron chi connectivity index (χ2n) is 5.16. The van der Waals surface area contributed by atoms with Crippen LogP contribution < -0.4 is 10.0 Å². The number of halogens is 1. The Balaban J connectivity index is 1.76. The molecule has 0 fully saturated rings. The number of rotatable bonds is 5. The van der Waals surface area contributed by atoms with Crippen LogP contribution in [0, 0.1) is 11.3 Å². The van der Waals surface area contributed by atoms with E-state index < -0.39 is 10.0 Å². The van der Waals surface area contributed by atoms with Gasteiger partial charge in [0.15, 0.2) is 11.6 Å². The van der Waals surface area contributed by atoms with Crippen molar-refractivity contribution < 1.29 is 8.42 Å². The number of sulfonamides is 1. The predicted octanol–water partition coefficient (Wildman–Crippen LogP) is 3.55. The Morgan fingerprint density at radius 3 is 2.38 bits per heavy atom. The molecule has 0 saturated carbocycles. The third-order valence-electron chi connectivity index (χ3n) is 3.29. The summed E-state index contributed by atoms with van der Waals surface area (Å²) in [6.07, 6.45) is 0. The molecule has 0 aliphatic heterocycles. The van der Waals surface area contributed by atoms with Gasteiger partial charge in [0.1, 0.15) is 4.90 Å². The second-order valence-corrected chi connectivity index (χ2v) is 7.22. The Kier molecular flexibility index (Phi) is 5.02. The summed E-state index contributed by atoms with van der Waals surface area (Å²) in [7, 11) is -3.87. The Hall–Kier alpha value is -3.15. The molecule has 130 valence electrons. The molecule has 0 spiro atoms. The SMILES string of the molecule is N#Cc1cccc(Nc2ccc(NS(=O)(=O)c3ccccc3Cl)nn2)c1. The summed E-state index contributed by atoms with van der Waals surface area (Å²) < 4.78 is 27.0. The van der Waals surface area contributed by atoms with E-state index in [4.69, 9.17) is 16.9 Å². The minimum atomic E-state index is -3.87. The maximum atomic E-state index is 12.4. The van der Waals surface area contributed by atoms with Crippen LogP contribution in [0.1, 0.15) is 5.56 Å². The largest absolute Gasteiger partial charge is 0.339 e. The third kappa shape index (κ3) is 4.08. The van der Waals surface area contributed by atoms with Crippen molar-refractivity contribution in [3.8, 4) is 6.07 Å². The topological polar surface area (TPSA) is 108 Å². The summed E-state index contributed by atoms with van der Waals surface area (Å²) in [6, 6.07) is 18.0. The van der Waals surface area contributed by atoms with E-state index in [2.05, 4.69) is 20.2 Å². The lowest BCUT2D eigenvalue weighted by molar-refractivity contribution is 0.601. The first kappa shape index (κ1) is 17.7. The van der Waals surface area contributed by atoms with Gasteiger partial charge in [-0.3, -0.25) is 4.72 Å². The average molecular weight is 386 g/mol. The van der Waals surface area contributed by atoms with Crippen molar-refractivity contribution in [1.29, 1.82) is 5.26 Å². The lowest BCUT2D eigenvalue weighted by Crippen LogP contribution is -2.14. The molecule has 9 heteroatoms. The first-order valence-corrected chi connectivity index (χ1v) is 9.22. The van der Waals surface area contributed by atoms with Gasteiger partial charge in [-0.1, -0.05) is 29.8 Å². The van der Waals surface area contributed by atoms with Gasteiger partial charge in [-0.2, -0.15) is 5.26 Å². The molecular weight excluding hydrogens is 374 g/mol. The van der Waals surface area contributed by atoms with Crippen molar-refractivity contribution in [2.45, 2.75) is 4.90 Å². The number of hydrogen-bond acceptors (Lipinski definition) is 6. The van der Waals surface area contributed by atoms with Crippen LogP contribution in [0.5, 0.6) is 0 Å². The summed E-state index contributed by atoms with van der Waals surface area (Å²) in [5.41, 5.74) is 1.18. The molecule has 0 unspecified atom stereocenters. The predicted molar refractivity (Wildman–Crippen MR) is 98.7 cm³/mol. The van der Waals surface area contributed by atoms with Gasteiger partial charge in [-0.25, -0.2) is 8.42 Å². The van der Waals surface area contributed by atoms with E-state index in [0.29, 0.717) is 17.1 Å². The van der Waals surface area contributed by atoms with Crippen LogP contribution in [0.4, 0.5) is 17.3 Å². The molecule has 1 aromatic heterocycles. The molecule has 0 radical (unpaired) electrons. The van der Waals surface area contributed by atoms with Crippen LogP contribution in [0.15, 0.2) is 65.6 Å². The molecule has 0 saturated heterocycles. The third-order valence-corrected chi connectivity index (χ3v) is 5.15. The van der Waals surface area contributed by atoms with E-state index in [0.717, 1.165) is 0 Å². The van der Waals surface area contributed by atoms with Crippen LogP contribution in [-0.2, 0) is 10.0 Å². The molecule has 2 aromatic carbocycles. The molecule has 0 aliphatic carbocycles. The number of hydrogen-bond donors (Lipinski definition) is 2. The van der Waals surface area contributed by atoms with Crippen LogP contribution in [0.2, 0.25) is 5.02 Å². The highest BCUT2D eigenvalue weighted by Gasteiger charge is 2.18. The van der Waals surface area contributed by atoms with Crippen molar-refractivity contribution in [3.63, 3.8) is 0 Å². The van der Waals surface area contributed by atoms with Gasteiger partial charge < -0.3 is 5.32 Å². The summed E-state index contributed by atoms with van der Waals surface area (Å²) in [4.78, 5) is -0.0426. The fourth-order valence-electron chi connectivity index (χ4n) is 2.12. The Morgan fingerprint density at radius 2 is 1.69 bits per heavy atom. The van der Waals surface area contributed by atoms with Crippen LogP contribution in [-0.4, -0.2) is 18.6 Å². The lowest BCUT2D eigenvalue weighted by atomic mass is 10.2. The number of nitriles is 1. The van der Waals surface area contributed by atoms with Crippen molar-refractivity contribution in [2.24, 2.45) is 0 Å². The number of aromatic nitrogens is 2. The normalized spacial score (nSPS) is 10.8. The zero-order chi connectivity index (χ0) is 18.6. The maximum Gasteiger partial charge on any atom is 0.264 e. The van der Waals surface area contributed by atoms with Crippen LogP contribution in [0.25, 0.3) is 0 Å². The molecule has 1 heterocycles. The van der Waals surface area contributed by atoms with Gasteiger partial charge in [0.2, 0.25) is 0 Å². The number of nitrogens with one attached hydrogen (secondary N) is 2. The quantitative estimate of drug-likeness (QED) is 0.695. The first-order valence-electron chi connectivity index (χ1n) is 7.36. The van der Waals surface area contributed by atoms with Gasteiger partial charge in [-0.05, 0) is 42.5 Å². The highest BCUT2D eigenvalue weighted by Crippen LogP contribution is 2.23. The molecule has 0 aliphatic rings. The van der Waals surface area contributed by atoms with Crippen molar-refractivity contribution >= 4 is 38.9 Å². The molecule has 0 bridgehead atoms. The molecule has 3 rings (SSSR count). The van der Waals surface area contributed by atoms with Crippen molar-refractivity contribution in [2.75, 3.05) is 10.0 Å². The average Bonchev–Trinajstić information content (AvgIpc) is 2.63. The summed E-state index contributed by atoms with van der Waals surface area (Å²) in [6.45, 7) is 0. The van der Waals surface area contributed by atoms with Gasteiger partial charge in [0.25, 0.3) is 10.0 Å². The summed E-state index contributed by atoms with van der Waals surface area (Å²) in [5, 5.41) is 19.8. The van der Waals surface area contributed by atoms with Crippen LogP contribution >= 0.6 is 11.6 Å². The van der Waals surface area contributed by atoms with Gasteiger partial charge in [0, 0.05) is 5.69 Å². The minimum Gasteiger partial charge on any atom is -0.339 e. The molecule has 3 aromatic rings. The van der Waals surface area contributed by atoms with Gasteiger partial charge in [0.05, 0.1) is 16.7 Å². The first-order chi connectivity index (χ1) is 12.5. The Labute approximate surface area is 155 Å². The Bertz CT molecular complexity index is 1080. The Morgan fingerprint density at radius 1 is 0.962 bits per heavy atom. The van der Waals surface area contributed by atoms with Gasteiger partial charge >= 0.3 is 0 Å². The van der Waals surface area contributed by atoms with E-state index >= 15 is 0 Å². The zero-order valence-corrected chi connectivity index (χ0v) is 14.8.